The summed E-state index contributed by atoms with van der Waals surface area (Å²) in [7, 11) is 0. The maximum atomic E-state index is 3.86. The summed E-state index contributed by atoms with van der Waals surface area (Å²) in [5, 5.41) is 0. The highest BCUT2D eigenvalue weighted by molar-refractivity contribution is 5.63. The molecule has 102 heavy (non-hydrogen) atoms. The number of hydrogen-bond donors (Lipinski definition) is 0. The predicted octanol–water partition coefficient (Wildman–Crippen LogP) is 26.2. The van der Waals surface area contributed by atoms with Gasteiger partial charge in [0, 0.05) is 66.8 Å². The molecular weight excluding hydrogens is 1230 g/mol. The smallest absolute Gasteiger partial charge is 0.0284 e. The Labute approximate surface area is 624 Å². The molecule has 0 atom stereocenters. The maximum absolute atomic E-state index is 3.86. The molecule has 0 saturated heterocycles. The SMILES string of the molecule is CCCCCCCCc1ccc(C#Cc2cc(CC)c(C#Cc3cc(CC)c(C#Cc4cc(CCCCCCCC)c(C#Cc5cc(CC)c(C#Cc6cc(CC)c(C#Cc7ccc(CCCCCCCC)cc7)cc6CC)cc5CC)cc4CCCCCCCC)cc3CC)cc2CC)cc1. The van der Waals surface area contributed by atoms with Gasteiger partial charge in [0.1, 0.15) is 0 Å². The molecule has 7 aromatic carbocycles. The summed E-state index contributed by atoms with van der Waals surface area (Å²) in [5.41, 5.74) is 28.8. The molecule has 0 radical (unpaired) electrons. The maximum Gasteiger partial charge on any atom is 0.0284 e. The van der Waals surface area contributed by atoms with Gasteiger partial charge in [-0.1, -0.05) is 307 Å². The molecule has 0 aliphatic carbocycles. The summed E-state index contributed by atoms with van der Waals surface area (Å²) in [6, 6.07) is 41.4. The van der Waals surface area contributed by atoms with Crippen LogP contribution in [-0.2, 0) is 77.0 Å². The minimum Gasteiger partial charge on any atom is -0.0654 e. The molecule has 0 amide bonds. The molecule has 7 rings (SSSR count). The van der Waals surface area contributed by atoms with Gasteiger partial charge in [0.25, 0.3) is 0 Å². The lowest BCUT2D eigenvalue weighted by atomic mass is 9.91. The highest BCUT2D eigenvalue weighted by atomic mass is 14.2. The quantitative estimate of drug-likeness (QED) is 0.0271. The van der Waals surface area contributed by atoms with Crippen LogP contribution in [0.25, 0.3) is 0 Å². The number of hydrogen-bond acceptors (Lipinski definition) is 0. The first-order valence-electron chi connectivity index (χ1n) is 41.1. The van der Waals surface area contributed by atoms with Crippen LogP contribution in [0.5, 0.6) is 0 Å². The van der Waals surface area contributed by atoms with Crippen LogP contribution in [0.4, 0.5) is 0 Å². The Kier molecular flexibility index (Phi) is 37.0. The van der Waals surface area contributed by atoms with Crippen LogP contribution in [0, 0.1) is 71.0 Å². The number of unbranched alkanes of at least 4 members (excludes halogenated alkanes) is 20. The van der Waals surface area contributed by atoms with E-state index in [2.05, 4.69) is 263 Å². The third-order valence-electron chi connectivity index (χ3n) is 20.8. The van der Waals surface area contributed by atoms with E-state index in [1.165, 1.54) is 208 Å². The lowest BCUT2D eigenvalue weighted by molar-refractivity contribution is 0.605. The first-order valence-corrected chi connectivity index (χ1v) is 41.1. The van der Waals surface area contributed by atoms with Crippen LogP contribution in [-0.4, -0.2) is 0 Å². The summed E-state index contributed by atoms with van der Waals surface area (Å²) < 4.78 is 0. The predicted molar refractivity (Wildman–Crippen MR) is 444 cm³/mol. The normalized spacial score (nSPS) is 10.7. The van der Waals surface area contributed by atoms with E-state index in [0.717, 1.165) is 157 Å². The molecule has 0 N–H and O–H groups in total. The van der Waals surface area contributed by atoms with E-state index in [1.807, 2.05) is 0 Å². The summed E-state index contributed by atoms with van der Waals surface area (Å²) in [6.07, 6.45) is 42.3. The second-order valence-corrected chi connectivity index (χ2v) is 28.6. The topological polar surface area (TPSA) is 0 Å². The zero-order chi connectivity index (χ0) is 72.5. The highest BCUT2D eigenvalue weighted by Gasteiger charge is 2.15. The Morgan fingerprint density at radius 1 is 0.167 bits per heavy atom. The Hall–Kier alpha value is -8.10. The van der Waals surface area contributed by atoms with Crippen molar-refractivity contribution in [3.8, 4) is 71.0 Å². The van der Waals surface area contributed by atoms with Gasteiger partial charge in [-0.15, -0.1) is 0 Å². The van der Waals surface area contributed by atoms with Crippen LogP contribution >= 0.6 is 0 Å². The fourth-order valence-corrected chi connectivity index (χ4v) is 14.1. The number of rotatable bonds is 36. The van der Waals surface area contributed by atoms with Gasteiger partial charge < -0.3 is 0 Å². The minimum absolute atomic E-state index is 0.882. The van der Waals surface area contributed by atoms with Crippen LogP contribution in [0.2, 0.25) is 0 Å². The van der Waals surface area contributed by atoms with Crippen molar-refractivity contribution < 1.29 is 0 Å². The minimum atomic E-state index is 0.882. The van der Waals surface area contributed by atoms with E-state index in [9.17, 15) is 0 Å². The standard InChI is InChI=1S/C102H126/c1-13-25-29-33-37-41-45-79-49-53-81(54-50-79)57-59-93-69-85(19-7)95(71-83(93)17-5)61-63-97-73-89(23-11)99(75-87(97)21-9)65-67-101-77-92(48-44-40-36-32-28-16-4)102(78-91(101)47-43-39-35-31-27-15-3)68-66-100-76-88(22-10)98(74-90(100)24-12)64-62-96-72-84(18-6)94(70-86(96)20-8)60-58-82-55-51-80(52-56-82)46-42-38-34-30-26-14-2/h49-56,69-78H,13-48H2,1-12H3. The Balaban J connectivity index is 1.18. The molecule has 0 nitrogen and oxygen atoms in total. The van der Waals surface area contributed by atoms with Crippen molar-refractivity contribution >= 4 is 0 Å². The largest absolute Gasteiger partial charge is 0.0654 e. The van der Waals surface area contributed by atoms with Gasteiger partial charge in [0.2, 0.25) is 0 Å². The Bertz CT molecular complexity index is 3880. The van der Waals surface area contributed by atoms with E-state index < -0.39 is 0 Å². The first kappa shape index (κ1) is 81.2. The van der Waals surface area contributed by atoms with Crippen molar-refractivity contribution in [2.75, 3.05) is 0 Å². The van der Waals surface area contributed by atoms with E-state index in [0.29, 0.717) is 0 Å². The molecular formula is C102H126. The van der Waals surface area contributed by atoms with Crippen LogP contribution < -0.4 is 0 Å². The van der Waals surface area contributed by atoms with Crippen LogP contribution in [0.1, 0.15) is 371 Å². The van der Waals surface area contributed by atoms with Crippen molar-refractivity contribution in [3.05, 3.63) is 243 Å². The van der Waals surface area contributed by atoms with Crippen molar-refractivity contribution in [2.24, 2.45) is 0 Å². The molecule has 7 aromatic rings. The molecule has 534 valence electrons. The average Bonchev–Trinajstić information content (AvgIpc) is 0.809. The van der Waals surface area contributed by atoms with Crippen LogP contribution in [0.15, 0.2) is 109 Å². The zero-order valence-electron chi connectivity index (χ0n) is 65.8. The third kappa shape index (κ3) is 26.3. The van der Waals surface area contributed by atoms with Gasteiger partial charge in [-0.25, -0.2) is 0 Å². The third-order valence-corrected chi connectivity index (χ3v) is 20.8. The van der Waals surface area contributed by atoms with Gasteiger partial charge in [0.15, 0.2) is 0 Å². The van der Waals surface area contributed by atoms with Crippen molar-refractivity contribution in [3.63, 3.8) is 0 Å². The van der Waals surface area contributed by atoms with E-state index in [1.54, 1.807) is 0 Å². The van der Waals surface area contributed by atoms with Crippen molar-refractivity contribution in [2.45, 2.75) is 314 Å². The molecule has 0 bridgehead atoms. The van der Waals surface area contributed by atoms with Crippen LogP contribution in [0.3, 0.4) is 0 Å². The summed E-state index contributed by atoms with van der Waals surface area (Å²) in [4.78, 5) is 0. The molecule has 0 unspecified atom stereocenters. The van der Waals surface area contributed by atoms with E-state index >= 15 is 0 Å². The number of benzene rings is 7. The Morgan fingerprint density at radius 2 is 0.333 bits per heavy atom. The summed E-state index contributed by atoms with van der Waals surface area (Å²) in [5.74, 6) is 44.3. The molecule has 0 aliphatic rings. The molecule has 0 heteroatoms. The molecule has 0 aliphatic heterocycles. The Morgan fingerprint density at radius 3 is 0.539 bits per heavy atom. The fourth-order valence-electron chi connectivity index (χ4n) is 14.1. The lowest BCUT2D eigenvalue weighted by Crippen LogP contribution is -2.00. The van der Waals surface area contributed by atoms with Crippen molar-refractivity contribution in [1.82, 2.24) is 0 Å². The molecule has 0 saturated carbocycles. The van der Waals surface area contributed by atoms with E-state index in [-0.39, 0.29) is 0 Å². The second kappa shape index (κ2) is 46.5. The van der Waals surface area contributed by atoms with Gasteiger partial charge in [-0.3, -0.25) is 0 Å². The van der Waals surface area contributed by atoms with Gasteiger partial charge in [-0.2, -0.15) is 0 Å². The van der Waals surface area contributed by atoms with Gasteiger partial charge in [-0.05, 0) is 254 Å². The average molecular weight is 1350 g/mol. The van der Waals surface area contributed by atoms with Gasteiger partial charge in [0.05, 0.1) is 0 Å². The van der Waals surface area contributed by atoms with Gasteiger partial charge >= 0.3 is 0 Å². The first-order chi connectivity index (χ1) is 50.0. The lowest BCUT2D eigenvalue weighted by Gasteiger charge is -2.13. The molecule has 0 fully saturated rings. The number of aryl methyl sites for hydroxylation is 12. The molecule has 0 aromatic heterocycles. The highest BCUT2D eigenvalue weighted by Crippen LogP contribution is 2.27. The van der Waals surface area contributed by atoms with E-state index in [4.69, 9.17) is 0 Å². The summed E-state index contributed by atoms with van der Waals surface area (Å²) in [6.45, 7) is 27.2. The zero-order valence-corrected chi connectivity index (χ0v) is 65.8. The summed E-state index contributed by atoms with van der Waals surface area (Å²) >= 11 is 0. The van der Waals surface area contributed by atoms with Crippen molar-refractivity contribution in [1.29, 1.82) is 0 Å². The molecule has 0 heterocycles. The fraction of sp³-hybridized carbons (Fsp3) is 0.471. The second-order valence-electron chi connectivity index (χ2n) is 28.6. The monoisotopic (exact) mass is 1350 g/mol. The molecule has 0 spiro atoms.